The maximum absolute atomic E-state index is 9.84. The van der Waals surface area contributed by atoms with Gasteiger partial charge in [-0.15, -0.1) is 0 Å². The molecule has 0 radical (unpaired) electrons. The van der Waals surface area contributed by atoms with Gasteiger partial charge in [-0.2, -0.15) is 0 Å². The fourth-order valence-corrected chi connectivity index (χ4v) is 0.610. The Bertz CT molecular complexity index is 135. The van der Waals surface area contributed by atoms with Gasteiger partial charge in [-0.1, -0.05) is 0 Å². The lowest BCUT2D eigenvalue weighted by molar-refractivity contribution is -0.110. The summed E-state index contributed by atoms with van der Waals surface area (Å²) in [7, 11) is 0. The average molecular weight is 128 g/mol. The van der Waals surface area contributed by atoms with E-state index in [-0.39, 0.29) is 12.3 Å². The van der Waals surface area contributed by atoms with Crippen molar-refractivity contribution in [2.24, 2.45) is 10.7 Å². The Morgan fingerprint density at radius 1 is 1.89 bits per heavy atom. The highest BCUT2D eigenvalue weighted by Crippen LogP contribution is 1.91. The van der Waals surface area contributed by atoms with Crippen molar-refractivity contribution < 1.29 is 4.79 Å². The van der Waals surface area contributed by atoms with Crippen LogP contribution in [-0.4, -0.2) is 25.1 Å². The van der Waals surface area contributed by atoms with Gasteiger partial charge >= 0.3 is 0 Å². The van der Waals surface area contributed by atoms with Gasteiger partial charge in [0.25, 0.3) is 0 Å². The highest BCUT2D eigenvalue weighted by molar-refractivity contribution is 5.59. The highest BCUT2D eigenvalue weighted by atomic mass is 16.1. The minimum atomic E-state index is -0.303. The summed E-state index contributed by atoms with van der Waals surface area (Å²) in [6.45, 7) is 0. The molecule has 0 aliphatic carbocycles. The molecule has 5 heteroatoms. The molecule has 0 bridgehead atoms. The van der Waals surface area contributed by atoms with Crippen LogP contribution in [0.4, 0.5) is 0 Å². The van der Waals surface area contributed by atoms with Gasteiger partial charge in [-0.25, -0.2) is 4.99 Å². The molecular weight excluding hydrogens is 120 g/mol. The predicted octanol–water partition coefficient (Wildman–Crippen LogP) is -2.03. The molecule has 0 aromatic rings. The highest BCUT2D eigenvalue weighted by Gasteiger charge is 2.17. The van der Waals surface area contributed by atoms with E-state index in [1.807, 2.05) is 0 Å². The molecule has 1 amide bonds. The summed E-state index contributed by atoms with van der Waals surface area (Å²) in [5, 5.41) is 5.15. The van der Waals surface area contributed by atoms with Crippen molar-refractivity contribution in [2.45, 2.75) is 12.3 Å². The van der Waals surface area contributed by atoms with Crippen LogP contribution in [0.5, 0.6) is 0 Å². The Balaban J connectivity index is 2.39. The number of carbonyl (C=O) groups is 1. The number of carbonyl (C=O) groups excluding carboxylic acids is 1. The number of nitrogens with two attached hydrogens (primary N) is 1. The summed E-state index contributed by atoms with van der Waals surface area (Å²) < 4.78 is 0. The van der Waals surface area contributed by atoms with E-state index in [9.17, 15) is 4.79 Å². The minimum absolute atomic E-state index is 0.282. The number of aliphatic imine (C=N–C) groups is 1. The summed E-state index contributed by atoms with van der Waals surface area (Å²) >= 11 is 0. The van der Waals surface area contributed by atoms with Crippen LogP contribution in [0, 0.1) is 0 Å². The third-order valence-corrected chi connectivity index (χ3v) is 1.08. The van der Waals surface area contributed by atoms with Crippen molar-refractivity contribution in [3.8, 4) is 0 Å². The summed E-state index contributed by atoms with van der Waals surface area (Å²) in [5.74, 6) is 0. The smallest absolute Gasteiger partial charge is 0.208 e. The van der Waals surface area contributed by atoms with Crippen LogP contribution in [-0.2, 0) is 4.79 Å². The number of rotatable bonds is 2. The summed E-state index contributed by atoms with van der Waals surface area (Å²) in [6, 6.07) is 0. The summed E-state index contributed by atoms with van der Waals surface area (Å²) in [5.41, 5.74) is 5.41. The molecule has 5 nitrogen and oxygen atoms in total. The maximum atomic E-state index is 9.84. The average Bonchev–Trinajstić information content (AvgIpc) is 2.18. The van der Waals surface area contributed by atoms with Crippen LogP contribution in [0.1, 0.15) is 0 Å². The summed E-state index contributed by atoms with van der Waals surface area (Å²) in [4.78, 5) is 13.6. The lowest BCUT2D eigenvalue weighted by Crippen LogP contribution is -2.46. The lowest BCUT2D eigenvalue weighted by atomic mass is 10.4. The molecule has 1 aliphatic rings. The zero-order valence-electron chi connectivity index (χ0n) is 4.74. The number of amides is 1. The third kappa shape index (κ3) is 1.17. The van der Waals surface area contributed by atoms with Gasteiger partial charge in [0, 0.05) is 0 Å². The van der Waals surface area contributed by atoms with Crippen molar-refractivity contribution in [3.63, 3.8) is 0 Å². The van der Waals surface area contributed by atoms with Crippen LogP contribution in [0.3, 0.4) is 0 Å². The Morgan fingerprint density at radius 2 is 2.67 bits per heavy atom. The van der Waals surface area contributed by atoms with E-state index in [4.69, 9.17) is 5.73 Å². The van der Waals surface area contributed by atoms with Crippen LogP contribution < -0.4 is 16.4 Å². The number of hydrogen-bond donors (Lipinski definition) is 3. The van der Waals surface area contributed by atoms with Gasteiger partial charge in [0.05, 0.1) is 6.34 Å². The first-order valence-corrected chi connectivity index (χ1v) is 2.57. The predicted molar refractivity (Wildman–Crippen MR) is 32.6 cm³/mol. The van der Waals surface area contributed by atoms with Crippen molar-refractivity contribution >= 4 is 12.7 Å². The monoisotopic (exact) mass is 128 g/mol. The van der Waals surface area contributed by atoms with Crippen LogP contribution >= 0.6 is 0 Å². The van der Waals surface area contributed by atoms with E-state index >= 15 is 0 Å². The Hall–Kier alpha value is -1.10. The Morgan fingerprint density at radius 3 is 3.11 bits per heavy atom. The Kier molecular flexibility index (Phi) is 1.64. The molecule has 0 fully saturated rings. The second-order valence-electron chi connectivity index (χ2n) is 1.70. The molecule has 2 atom stereocenters. The van der Waals surface area contributed by atoms with E-state index in [1.165, 1.54) is 6.34 Å². The molecule has 0 saturated carbocycles. The van der Waals surface area contributed by atoms with E-state index in [2.05, 4.69) is 15.6 Å². The number of hydrogen-bond acceptors (Lipinski definition) is 4. The number of nitrogens with zero attached hydrogens (tertiary/aromatic N) is 1. The normalized spacial score (nSPS) is 31.7. The first-order valence-electron chi connectivity index (χ1n) is 2.57. The fraction of sp³-hybridized carbons (Fsp3) is 0.500. The molecule has 9 heavy (non-hydrogen) atoms. The van der Waals surface area contributed by atoms with Gasteiger partial charge in [-0.3, -0.25) is 4.79 Å². The maximum Gasteiger partial charge on any atom is 0.208 e. The van der Waals surface area contributed by atoms with Gasteiger partial charge < -0.3 is 16.4 Å². The zero-order valence-corrected chi connectivity index (χ0v) is 4.74. The van der Waals surface area contributed by atoms with Crippen molar-refractivity contribution in [1.82, 2.24) is 10.6 Å². The third-order valence-electron chi connectivity index (χ3n) is 1.08. The number of nitrogens with one attached hydrogen (secondary N) is 2. The topological polar surface area (TPSA) is 79.5 Å². The van der Waals surface area contributed by atoms with Gasteiger partial charge in [-0.05, 0) is 0 Å². The van der Waals surface area contributed by atoms with E-state index < -0.39 is 0 Å². The van der Waals surface area contributed by atoms with Gasteiger partial charge in [0.1, 0.15) is 6.17 Å². The molecule has 0 aromatic carbocycles. The quantitative estimate of drug-likeness (QED) is 0.375. The first kappa shape index (κ1) is 6.03. The van der Waals surface area contributed by atoms with E-state index in [0.717, 1.165) is 0 Å². The fourth-order valence-electron chi connectivity index (χ4n) is 0.610. The molecule has 1 rings (SSSR count). The van der Waals surface area contributed by atoms with Gasteiger partial charge in [0.15, 0.2) is 6.17 Å². The van der Waals surface area contributed by atoms with E-state index in [1.54, 1.807) is 0 Å². The SMILES string of the molecule is NC1NC=NC1NC=O. The van der Waals surface area contributed by atoms with Crippen LogP contribution in [0.15, 0.2) is 4.99 Å². The molecule has 4 N–H and O–H groups in total. The molecule has 1 heterocycles. The van der Waals surface area contributed by atoms with E-state index in [0.29, 0.717) is 6.41 Å². The first-order chi connectivity index (χ1) is 4.34. The molecule has 2 unspecified atom stereocenters. The summed E-state index contributed by atoms with van der Waals surface area (Å²) in [6.07, 6.45) is 1.47. The molecule has 1 aliphatic heterocycles. The second kappa shape index (κ2) is 2.45. The molecular formula is C4H8N4O. The molecule has 0 saturated heterocycles. The van der Waals surface area contributed by atoms with Crippen LogP contribution in [0.25, 0.3) is 0 Å². The van der Waals surface area contributed by atoms with Gasteiger partial charge in [0.2, 0.25) is 6.41 Å². The zero-order chi connectivity index (χ0) is 6.69. The van der Waals surface area contributed by atoms with Crippen molar-refractivity contribution in [3.05, 3.63) is 0 Å². The lowest BCUT2D eigenvalue weighted by Gasteiger charge is -2.10. The van der Waals surface area contributed by atoms with Crippen molar-refractivity contribution in [1.29, 1.82) is 0 Å². The largest absolute Gasteiger partial charge is 0.358 e. The standard InChI is InChI=1S/C4H8N4O/c5-3-4(8-2-9)7-1-6-3/h1-4H,5H2,(H,6,7)(H,8,9). The molecule has 0 spiro atoms. The molecule has 0 aromatic heterocycles. The molecule has 50 valence electrons. The minimum Gasteiger partial charge on any atom is -0.358 e. The van der Waals surface area contributed by atoms with Crippen molar-refractivity contribution in [2.75, 3.05) is 0 Å². The Labute approximate surface area is 52.3 Å². The second-order valence-corrected chi connectivity index (χ2v) is 1.70. The van der Waals surface area contributed by atoms with Crippen LogP contribution in [0.2, 0.25) is 0 Å².